The van der Waals surface area contributed by atoms with Gasteiger partial charge in [0.15, 0.2) is 0 Å². The Hall–Kier alpha value is -2.69. The Labute approximate surface area is 799 Å². The Morgan fingerprint density at radius 3 is 1.22 bits per heavy atom. The second-order valence-electron chi connectivity index (χ2n) is 41.0. The van der Waals surface area contributed by atoms with Gasteiger partial charge in [-0.1, -0.05) is 202 Å². The number of fused-ring (bicyclic) bond motifs is 2. The van der Waals surface area contributed by atoms with Crippen molar-refractivity contribution in [3.63, 3.8) is 0 Å². The number of carbonyl (C=O) groups excluding carboxylic acids is 3. The fourth-order valence-electron chi connectivity index (χ4n) is 13.6. The fourth-order valence-corrected chi connectivity index (χ4v) is 23.8. The largest absolute Gasteiger partial charge is 0.343 e. The lowest BCUT2D eigenvalue weighted by molar-refractivity contribution is -0.133. The number of piperidine rings is 2. The third kappa shape index (κ3) is 84.3. The summed E-state index contributed by atoms with van der Waals surface area (Å²) < 4.78 is 150. The predicted octanol–water partition coefficient (Wildman–Crippen LogP) is 19.9. The van der Waals surface area contributed by atoms with Crippen LogP contribution in [0.3, 0.4) is 0 Å². The Morgan fingerprint density at radius 1 is 0.457 bits per heavy atom. The van der Waals surface area contributed by atoms with Crippen molar-refractivity contribution in [3.05, 3.63) is 35.9 Å². The van der Waals surface area contributed by atoms with Gasteiger partial charge in [0.05, 0.1) is 39.3 Å². The molecule has 1 aromatic rings. The Morgan fingerprint density at radius 2 is 0.837 bits per heavy atom. The van der Waals surface area contributed by atoms with Crippen LogP contribution in [0.4, 0.5) is 0 Å². The SMILES string of the molecule is C.C=S(C)(=O)CCC(C)C.C=S(C)(=O)CCCC(C)C.C=S(C)(=O)CCCCC(C)C.CC(=N)CCCC(C)C.CC(=O)N=S(C)(=O)CCC(C)C.CC(C)CCCN1CCCCC1=O.CC(C)CCCS(=O)(=O)N(C)Cc1ccccc1.CC(C)CCCS(=O)(=O)N1CC2CC1CN2.CC(C)CCCS(=O)(=O)N1CCCC(=O)C1.CC(C)CCCS(=O)(=O)N1CCCC1. The minimum Gasteiger partial charge on any atom is -0.343 e. The van der Waals surface area contributed by atoms with Crippen molar-refractivity contribution in [1.29, 1.82) is 5.41 Å². The van der Waals surface area contributed by atoms with Crippen molar-refractivity contribution in [2.45, 2.75) is 358 Å². The molecule has 129 heavy (non-hydrogen) atoms. The highest BCUT2D eigenvalue weighted by molar-refractivity contribution is 8.00. The number of benzene rings is 1. The summed E-state index contributed by atoms with van der Waals surface area (Å²) >= 11 is 0. The molecular weight excluding hydrogens is 1790 g/mol. The molecule has 1 aromatic carbocycles. The van der Waals surface area contributed by atoms with E-state index in [2.05, 4.69) is 166 Å². The van der Waals surface area contributed by atoms with Crippen molar-refractivity contribution in [2.75, 3.05) is 130 Å². The molecule has 770 valence electrons. The first-order valence-electron chi connectivity index (χ1n) is 48.3. The van der Waals surface area contributed by atoms with Crippen LogP contribution in [-0.4, -0.2) is 256 Å². The van der Waals surface area contributed by atoms with E-state index in [1.807, 2.05) is 42.2 Å². The molecule has 6 atom stereocenters. The zero-order valence-electron chi connectivity index (χ0n) is 86.3. The second-order valence-corrected chi connectivity index (χ2v) is 60.2. The van der Waals surface area contributed by atoms with Gasteiger partial charge in [0.2, 0.25) is 46.0 Å². The Kier molecular flexibility index (Phi) is 75.9. The number of hydrogen-bond acceptors (Lipinski definition) is 17. The molecular formula is C98H200N8O15S8. The molecule has 0 aromatic heterocycles. The van der Waals surface area contributed by atoms with Crippen LogP contribution in [0.15, 0.2) is 34.7 Å². The Balaban J connectivity index is -0.000000445. The van der Waals surface area contributed by atoms with E-state index >= 15 is 0 Å². The summed E-state index contributed by atoms with van der Waals surface area (Å²) in [6, 6.07) is 10.3. The average Bonchev–Trinajstić information content (AvgIpc) is 1.62. The third-order valence-electron chi connectivity index (χ3n) is 21.3. The number of nitrogens with zero attached hydrogens (tertiary/aromatic N) is 6. The lowest BCUT2D eigenvalue weighted by atomic mass is 10.1. The maximum Gasteiger partial charge on any atom is 0.250 e. The van der Waals surface area contributed by atoms with E-state index in [0.717, 1.165) is 194 Å². The van der Waals surface area contributed by atoms with Crippen LogP contribution in [-0.2, 0) is 99.3 Å². The van der Waals surface area contributed by atoms with E-state index in [4.69, 9.17) is 5.41 Å². The lowest BCUT2D eigenvalue weighted by Gasteiger charge is -2.26. The van der Waals surface area contributed by atoms with E-state index in [1.165, 1.54) is 73.2 Å². The monoisotopic (exact) mass is 1990 g/mol. The molecule has 0 spiro atoms. The molecule has 2 N–H and O–H groups in total. The van der Waals surface area contributed by atoms with Crippen LogP contribution in [0.25, 0.3) is 0 Å². The summed E-state index contributed by atoms with van der Waals surface area (Å²) in [5, 5.41) is 10.5. The lowest BCUT2D eigenvalue weighted by Crippen LogP contribution is -2.47. The molecule has 23 nitrogen and oxygen atoms in total. The number of rotatable bonds is 45. The summed E-state index contributed by atoms with van der Waals surface area (Å²) in [6.07, 6.45) is 34.4. The predicted molar refractivity (Wildman–Crippen MR) is 568 cm³/mol. The molecule has 0 radical (unpaired) electrons. The highest BCUT2D eigenvalue weighted by Crippen LogP contribution is 2.28. The summed E-state index contributed by atoms with van der Waals surface area (Å²) in [5.74, 6) is 21.3. The number of unbranched alkanes of at least 4 members (excludes halogenated alkanes) is 1. The molecule has 5 fully saturated rings. The maximum atomic E-state index is 12.1. The number of amides is 2. The van der Waals surface area contributed by atoms with Gasteiger partial charge in [-0.25, -0.2) is 46.5 Å². The first-order valence-corrected chi connectivity index (χ1v) is 63.8. The smallest absolute Gasteiger partial charge is 0.250 e. The van der Waals surface area contributed by atoms with Crippen molar-refractivity contribution >= 4 is 119 Å². The van der Waals surface area contributed by atoms with Crippen molar-refractivity contribution < 1.29 is 64.9 Å². The highest BCUT2D eigenvalue weighted by atomic mass is 32.2. The maximum absolute atomic E-state index is 12.1. The van der Waals surface area contributed by atoms with Crippen molar-refractivity contribution in [2.24, 2.45) is 63.5 Å². The molecule has 5 aliphatic rings. The van der Waals surface area contributed by atoms with Gasteiger partial charge in [-0.3, -0.25) is 27.0 Å². The highest BCUT2D eigenvalue weighted by Gasteiger charge is 2.43. The van der Waals surface area contributed by atoms with Gasteiger partial charge in [0.1, 0.15) is 5.78 Å². The summed E-state index contributed by atoms with van der Waals surface area (Å²) in [5.41, 5.74) is 1.84. The first kappa shape index (κ1) is 135. The van der Waals surface area contributed by atoms with Gasteiger partial charge in [-0.15, -0.1) is 0 Å². The Bertz CT molecular complexity index is 4080. The number of sulfonamides is 4. The number of nitrogens with one attached hydrogen (secondary N) is 2. The zero-order chi connectivity index (χ0) is 99.5. The number of carbonyl (C=O) groups is 3. The normalized spacial score (nSPS) is 18.0. The average molecular weight is 1990 g/mol. The molecule has 5 aliphatic heterocycles. The summed E-state index contributed by atoms with van der Waals surface area (Å²) in [4.78, 5) is 35.2. The molecule has 0 saturated carbocycles. The first-order chi connectivity index (χ1) is 58.7. The van der Waals surface area contributed by atoms with E-state index in [0.29, 0.717) is 104 Å². The number of hydrogen-bond donors (Lipinski definition) is 2. The van der Waals surface area contributed by atoms with Crippen LogP contribution in [0.2, 0.25) is 0 Å². The number of ketones is 1. The van der Waals surface area contributed by atoms with Gasteiger partial charge >= 0.3 is 0 Å². The van der Waals surface area contributed by atoms with Crippen molar-refractivity contribution in [1.82, 2.24) is 27.4 Å². The van der Waals surface area contributed by atoms with Gasteiger partial charge in [-0.2, -0.15) is 13.0 Å². The zero-order valence-corrected chi connectivity index (χ0v) is 92.9. The quantitative estimate of drug-likeness (QED) is 0.0348. The van der Waals surface area contributed by atoms with Crippen LogP contribution >= 0.6 is 0 Å². The third-order valence-corrected chi connectivity index (χ3v) is 34.1. The molecule has 2 amide bonds. The fraction of sp³-hybridized carbons (Fsp3) is 0.867. The van der Waals surface area contributed by atoms with Gasteiger partial charge in [0, 0.05) is 145 Å². The van der Waals surface area contributed by atoms with Crippen LogP contribution in [0.1, 0.15) is 345 Å². The molecule has 5 heterocycles. The minimum absolute atomic E-state index is 0. The number of likely N-dealkylation sites (tertiary alicyclic amines) is 1. The standard InChI is InChI=1S/C14H23NO2S.C11H22N2O2S.C11H21NO3S.C11H21NO.C10H21NO2S.C9H20OS.C8H17NO2S.C8H17N.C8H18OS.C7H16OS.CH4/c1-13(2)8-7-11-18(16,17)15(3)12-14-9-5-4-6-10-14;1-9(2)4-3-5-16(14,15)13-8-10-6-11(13)7-12-10;1-10(2)5-4-8-16(14,15)12-7-3-6-11(13)9-12;1-10(2)6-5-9-12-8-4-3-7-11(12)13;1-10(2)6-5-9-14(12,13)11-7-3-4-8-11;1-9(2)7-5-6-8-11(3,4)10;1-7(2)5-6-12(4,11)9-8(3)10;1-7(2)5-4-6-8(3)9;1-8(2)6-5-7-10(3,4)9;1-7(2)5-6-9(3,4)8;/h4-6,9-10,13H,7-8,11-12H2,1-3H3;9-12H,3-8H2,1-2H3;10H,3-9H2,1-2H3;10H,3-9H2,1-2H3;10H,3-9H2,1-2H3;9H,3,5-8H2,1-2,4H3;7H,5-6H2,1-4H3;7,9H,4-6H2,1-3H3;8H,3,5-7H2,1-2,4H3;7H,3,5-6H2,1-2,4H3;1H4. The number of piperazine rings is 1. The molecule has 2 bridgehead atoms. The van der Waals surface area contributed by atoms with E-state index < -0.39 is 78.4 Å². The van der Waals surface area contributed by atoms with Gasteiger partial charge in [-0.05, 0) is 259 Å². The van der Waals surface area contributed by atoms with Crippen LogP contribution in [0, 0.1) is 64.6 Å². The van der Waals surface area contributed by atoms with Gasteiger partial charge in [0.25, 0.3) is 5.91 Å². The molecule has 0 aliphatic carbocycles. The van der Waals surface area contributed by atoms with Crippen molar-refractivity contribution in [3.8, 4) is 0 Å². The topological polar surface area (TPSA) is 320 Å². The second kappa shape index (κ2) is 72.6. The minimum atomic E-state index is -3.20. The number of Topliss-reactive ketones (excluding diaryl/α,β-unsaturated/α-hetero) is 1. The van der Waals surface area contributed by atoms with Gasteiger partial charge < -0.3 is 15.6 Å². The summed E-state index contributed by atoms with van der Waals surface area (Å²) in [6.45, 7) is 52.2. The van der Waals surface area contributed by atoms with Crippen LogP contribution in [0.5, 0.6) is 0 Å². The van der Waals surface area contributed by atoms with Crippen LogP contribution < -0.4 is 5.32 Å². The molecule has 6 unspecified atom stereocenters. The van der Waals surface area contributed by atoms with E-state index in [-0.39, 0.29) is 43.2 Å². The van der Waals surface area contributed by atoms with E-state index in [9.17, 15) is 64.9 Å². The molecule has 31 heteroatoms. The molecule has 6 rings (SSSR count). The summed E-state index contributed by atoms with van der Waals surface area (Å²) in [7, 11) is -18.0. The molecule has 5 saturated heterocycles. The van der Waals surface area contributed by atoms with E-state index in [1.54, 1.807) is 34.4 Å².